The molecule has 0 spiro atoms. The van der Waals surface area contributed by atoms with Crippen molar-refractivity contribution in [1.82, 2.24) is 9.69 Å². The van der Waals surface area contributed by atoms with Gasteiger partial charge in [-0.2, -0.15) is 4.37 Å². The molecule has 1 aromatic heterocycles. The molecule has 8 nitrogen and oxygen atoms in total. The van der Waals surface area contributed by atoms with Crippen LogP contribution in [-0.4, -0.2) is 34.7 Å². The predicted molar refractivity (Wildman–Crippen MR) is 129 cm³/mol. The van der Waals surface area contributed by atoms with E-state index in [1.807, 2.05) is 26.0 Å². The molecule has 2 aromatic rings. The number of benzene rings is 1. The summed E-state index contributed by atoms with van der Waals surface area (Å²) in [5.74, 6) is -1.04. The Labute approximate surface area is 193 Å². The largest absolute Gasteiger partial charge is 0.395 e. The molecule has 32 heavy (non-hydrogen) atoms. The second kappa shape index (κ2) is 11.6. The summed E-state index contributed by atoms with van der Waals surface area (Å²) in [6, 6.07) is 6.65. The molecule has 0 aliphatic rings. The molecule has 5 N–H and O–H groups in total. The van der Waals surface area contributed by atoms with Crippen LogP contribution in [0, 0.1) is 12.8 Å². The number of nitrogens with zero attached hydrogens (tertiary/aromatic N) is 2. The van der Waals surface area contributed by atoms with Gasteiger partial charge in [-0.15, -0.1) is 0 Å². The van der Waals surface area contributed by atoms with Crippen LogP contribution in [0.25, 0.3) is 0 Å². The minimum absolute atomic E-state index is 0.0564. The quantitative estimate of drug-likeness (QED) is 0.473. The summed E-state index contributed by atoms with van der Waals surface area (Å²) in [7, 11) is 0. The minimum Gasteiger partial charge on any atom is -0.395 e. The molecule has 0 unspecified atom stereocenters. The number of carbonyl (C=O) groups excluding carboxylic acids is 3. The molecule has 0 saturated carbocycles. The van der Waals surface area contributed by atoms with Gasteiger partial charge < -0.3 is 16.8 Å². The number of nitrogens with two attached hydrogens (primary N) is 2. The van der Waals surface area contributed by atoms with Gasteiger partial charge in [-0.25, -0.2) is 0 Å². The summed E-state index contributed by atoms with van der Waals surface area (Å²) >= 11 is 0.815. The van der Waals surface area contributed by atoms with E-state index in [9.17, 15) is 14.4 Å². The maximum atomic E-state index is 13.7. The van der Waals surface area contributed by atoms with Gasteiger partial charge in [0.1, 0.15) is 10.9 Å². The van der Waals surface area contributed by atoms with Crippen molar-refractivity contribution >= 4 is 40.6 Å². The lowest BCUT2D eigenvalue weighted by molar-refractivity contribution is -0.122. The Morgan fingerprint density at radius 1 is 1.16 bits per heavy atom. The number of hydrogen-bond donors (Lipinski definition) is 3. The van der Waals surface area contributed by atoms with Crippen molar-refractivity contribution < 1.29 is 14.4 Å². The first kappa shape index (κ1) is 25.3. The van der Waals surface area contributed by atoms with Crippen LogP contribution >= 0.6 is 11.5 Å². The highest BCUT2D eigenvalue weighted by Crippen LogP contribution is 2.29. The summed E-state index contributed by atoms with van der Waals surface area (Å²) in [5, 5.41) is 2.98. The molecule has 0 saturated heterocycles. The molecule has 0 bridgehead atoms. The molecule has 1 aromatic carbocycles. The highest BCUT2D eigenvalue weighted by Gasteiger charge is 2.34. The van der Waals surface area contributed by atoms with Gasteiger partial charge in [0.05, 0.1) is 5.69 Å². The van der Waals surface area contributed by atoms with E-state index in [1.165, 1.54) is 4.90 Å². The third-order valence-electron chi connectivity index (χ3n) is 5.15. The second-order valence-electron chi connectivity index (χ2n) is 8.28. The van der Waals surface area contributed by atoms with E-state index in [-0.39, 0.29) is 22.2 Å². The van der Waals surface area contributed by atoms with Gasteiger partial charge in [0, 0.05) is 12.2 Å². The van der Waals surface area contributed by atoms with Crippen molar-refractivity contribution in [2.75, 3.05) is 17.2 Å². The maximum absolute atomic E-state index is 13.7. The van der Waals surface area contributed by atoms with Gasteiger partial charge in [0.15, 0.2) is 5.69 Å². The molecular weight excluding hydrogens is 426 g/mol. The number of nitrogens with one attached hydrogen (secondary N) is 1. The summed E-state index contributed by atoms with van der Waals surface area (Å²) < 4.78 is 3.96. The molecule has 2 rings (SSSR count). The Morgan fingerprint density at radius 2 is 1.81 bits per heavy atom. The van der Waals surface area contributed by atoms with Gasteiger partial charge in [-0.1, -0.05) is 51.3 Å². The number of anilines is 2. The summed E-state index contributed by atoms with van der Waals surface area (Å²) in [4.78, 5) is 40.0. The zero-order valence-corrected chi connectivity index (χ0v) is 20.0. The lowest BCUT2D eigenvalue weighted by Gasteiger charge is -2.31. The molecule has 3 amide bonds. The van der Waals surface area contributed by atoms with E-state index in [0.717, 1.165) is 36.4 Å². The summed E-state index contributed by atoms with van der Waals surface area (Å²) in [5.41, 5.74) is 12.8. The monoisotopic (exact) mass is 459 g/mol. The Bertz CT molecular complexity index is 940. The zero-order valence-electron chi connectivity index (χ0n) is 19.2. The van der Waals surface area contributed by atoms with E-state index in [4.69, 9.17) is 11.5 Å². The van der Waals surface area contributed by atoms with E-state index in [2.05, 4.69) is 23.5 Å². The molecule has 0 radical (unpaired) electrons. The van der Waals surface area contributed by atoms with E-state index < -0.39 is 17.9 Å². The number of hydrogen-bond acceptors (Lipinski definition) is 6. The standard InChI is InChI=1S/C23H33N5O3S/c1-5-6-7-17(22(30)26-13-12-14(2)3)28(16-10-8-15(4)9-11-16)23(31)20-18(24)19(21(25)29)27-32-20/h8-11,14,17H,5-7,12-13,24H2,1-4H3,(H2,25,29)(H,26,30)/t17-/m1/s1. The van der Waals surface area contributed by atoms with Crippen LogP contribution in [0.3, 0.4) is 0 Å². The fraction of sp³-hybridized carbons (Fsp3) is 0.478. The number of carbonyl (C=O) groups is 3. The van der Waals surface area contributed by atoms with Crippen molar-refractivity contribution in [1.29, 1.82) is 0 Å². The van der Waals surface area contributed by atoms with Crippen LogP contribution in [0.2, 0.25) is 0 Å². The van der Waals surface area contributed by atoms with E-state index in [0.29, 0.717) is 24.6 Å². The smallest absolute Gasteiger partial charge is 0.272 e. The topological polar surface area (TPSA) is 131 Å². The van der Waals surface area contributed by atoms with Crippen molar-refractivity contribution in [3.63, 3.8) is 0 Å². The Kier molecular flexibility index (Phi) is 9.19. The summed E-state index contributed by atoms with van der Waals surface area (Å²) in [6.45, 7) is 8.69. The van der Waals surface area contributed by atoms with Crippen LogP contribution in [0.5, 0.6) is 0 Å². The van der Waals surface area contributed by atoms with Crippen LogP contribution in [-0.2, 0) is 4.79 Å². The average Bonchev–Trinajstić information content (AvgIpc) is 3.13. The third-order valence-corrected chi connectivity index (χ3v) is 6.00. The molecule has 174 valence electrons. The Morgan fingerprint density at radius 3 is 2.34 bits per heavy atom. The van der Waals surface area contributed by atoms with Crippen molar-refractivity contribution in [3.05, 3.63) is 40.4 Å². The first-order valence-corrected chi connectivity index (χ1v) is 11.7. The van der Waals surface area contributed by atoms with Gasteiger partial charge in [0.2, 0.25) is 5.91 Å². The first-order valence-electron chi connectivity index (χ1n) is 10.9. The number of nitrogen functional groups attached to an aromatic ring is 1. The number of aromatic nitrogens is 1. The zero-order chi connectivity index (χ0) is 23.8. The van der Waals surface area contributed by atoms with Crippen molar-refractivity contribution in [3.8, 4) is 0 Å². The molecule has 0 fully saturated rings. The van der Waals surface area contributed by atoms with Gasteiger partial charge in [-0.05, 0) is 49.3 Å². The average molecular weight is 460 g/mol. The van der Waals surface area contributed by atoms with Gasteiger partial charge in [-0.3, -0.25) is 19.3 Å². The number of rotatable bonds is 11. The second-order valence-corrected chi connectivity index (χ2v) is 9.05. The summed E-state index contributed by atoms with van der Waals surface area (Å²) in [6.07, 6.45) is 2.97. The van der Waals surface area contributed by atoms with Gasteiger partial charge >= 0.3 is 0 Å². The molecule has 1 heterocycles. The van der Waals surface area contributed by atoms with Crippen LogP contribution in [0.4, 0.5) is 11.4 Å². The molecule has 1 atom stereocenters. The first-order chi connectivity index (χ1) is 15.2. The Balaban J connectivity index is 2.48. The normalized spacial score (nSPS) is 11.9. The molecule has 0 aliphatic heterocycles. The lowest BCUT2D eigenvalue weighted by atomic mass is 10.0. The fourth-order valence-electron chi connectivity index (χ4n) is 3.26. The number of aryl methyl sites for hydroxylation is 1. The van der Waals surface area contributed by atoms with Crippen LogP contribution in [0.15, 0.2) is 24.3 Å². The SMILES string of the molecule is CCCC[C@H](C(=O)NCCC(C)C)N(C(=O)c1snc(C(N)=O)c1N)c1ccc(C)cc1. The van der Waals surface area contributed by atoms with Crippen LogP contribution in [0.1, 0.15) is 72.2 Å². The number of unbranched alkanes of at least 4 members (excludes halogenated alkanes) is 1. The highest BCUT2D eigenvalue weighted by molar-refractivity contribution is 7.09. The number of amides is 3. The maximum Gasteiger partial charge on any atom is 0.272 e. The van der Waals surface area contributed by atoms with E-state index in [1.54, 1.807) is 12.1 Å². The van der Waals surface area contributed by atoms with E-state index >= 15 is 0 Å². The van der Waals surface area contributed by atoms with Crippen molar-refractivity contribution in [2.24, 2.45) is 11.7 Å². The molecular formula is C23H33N5O3S. The Hall–Kier alpha value is -2.94. The highest BCUT2D eigenvalue weighted by atomic mass is 32.1. The van der Waals surface area contributed by atoms with Crippen LogP contribution < -0.4 is 21.7 Å². The minimum atomic E-state index is -0.798. The fourth-order valence-corrected chi connectivity index (χ4v) is 4.00. The molecule has 9 heteroatoms. The third kappa shape index (κ3) is 6.29. The van der Waals surface area contributed by atoms with Crippen molar-refractivity contribution in [2.45, 2.75) is 59.4 Å². The lowest BCUT2D eigenvalue weighted by Crippen LogP contribution is -2.50. The number of primary amides is 1. The molecule has 0 aliphatic carbocycles. The predicted octanol–water partition coefficient (Wildman–Crippen LogP) is 3.50. The van der Waals surface area contributed by atoms with Gasteiger partial charge in [0.25, 0.3) is 11.8 Å².